The Morgan fingerprint density at radius 2 is 1.71 bits per heavy atom. The fourth-order valence-corrected chi connectivity index (χ4v) is 2.44. The topological polar surface area (TPSA) is 64.1 Å². The highest BCUT2D eigenvalue weighted by molar-refractivity contribution is 5.95. The second-order valence-electron chi connectivity index (χ2n) is 5.56. The van der Waals surface area contributed by atoms with Crippen LogP contribution in [0, 0.1) is 6.92 Å². The number of para-hydroxylation sites is 2. The minimum Gasteiger partial charge on any atom is -0.464 e. The molecule has 1 N–H and O–H groups in total. The average molecular weight is 321 g/mol. The zero-order valence-corrected chi connectivity index (χ0v) is 13.7. The Labute approximate surface area is 140 Å². The van der Waals surface area contributed by atoms with Gasteiger partial charge in [-0.15, -0.1) is 0 Å². The van der Waals surface area contributed by atoms with Gasteiger partial charge in [0.15, 0.2) is 11.5 Å². The van der Waals surface area contributed by atoms with Crippen LogP contribution in [-0.2, 0) is 11.2 Å². The van der Waals surface area contributed by atoms with E-state index in [2.05, 4.69) is 46.5 Å². The molecule has 0 amide bonds. The number of hydrogen-bond acceptors (Lipinski definition) is 5. The molecule has 2 aromatic carbocycles. The number of fused-ring (bicyclic) bond motifs is 1. The van der Waals surface area contributed by atoms with E-state index in [1.807, 2.05) is 24.3 Å². The molecule has 0 atom stereocenters. The summed E-state index contributed by atoms with van der Waals surface area (Å²) < 4.78 is 4.82. The summed E-state index contributed by atoms with van der Waals surface area (Å²) in [5, 5.41) is 3.21. The normalized spacial score (nSPS) is 10.6. The lowest BCUT2D eigenvalue weighted by atomic mass is 10.1. The van der Waals surface area contributed by atoms with E-state index in [1.54, 1.807) is 0 Å². The number of nitrogens with zero attached hydrogens (tertiary/aromatic N) is 2. The minimum absolute atomic E-state index is 0.208. The van der Waals surface area contributed by atoms with E-state index < -0.39 is 5.97 Å². The molecule has 3 rings (SSSR count). The van der Waals surface area contributed by atoms with Crippen molar-refractivity contribution < 1.29 is 9.53 Å². The van der Waals surface area contributed by atoms with Crippen molar-refractivity contribution in [3.05, 3.63) is 65.4 Å². The highest BCUT2D eigenvalue weighted by atomic mass is 16.5. The van der Waals surface area contributed by atoms with Gasteiger partial charge in [-0.05, 0) is 31.0 Å². The number of benzene rings is 2. The van der Waals surface area contributed by atoms with Crippen molar-refractivity contribution in [1.29, 1.82) is 0 Å². The summed E-state index contributed by atoms with van der Waals surface area (Å²) in [6.07, 6.45) is 0.829. The van der Waals surface area contributed by atoms with Gasteiger partial charge >= 0.3 is 5.97 Å². The Bertz CT molecular complexity index is 860. The van der Waals surface area contributed by atoms with Crippen LogP contribution >= 0.6 is 0 Å². The molecule has 5 heteroatoms. The van der Waals surface area contributed by atoms with Crippen LogP contribution in [0.15, 0.2) is 48.5 Å². The Kier molecular flexibility index (Phi) is 4.70. The lowest BCUT2D eigenvalue weighted by molar-refractivity contribution is 0.0595. The molecule has 0 aliphatic rings. The van der Waals surface area contributed by atoms with E-state index in [9.17, 15) is 4.79 Å². The fraction of sp³-hybridized carbons (Fsp3) is 0.211. The second kappa shape index (κ2) is 7.08. The molecule has 1 heterocycles. The van der Waals surface area contributed by atoms with Crippen LogP contribution in [0.1, 0.15) is 21.6 Å². The van der Waals surface area contributed by atoms with Gasteiger partial charge in [0, 0.05) is 6.54 Å². The zero-order valence-electron chi connectivity index (χ0n) is 13.7. The van der Waals surface area contributed by atoms with Crippen molar-refractivity contribution in [1.82, 2.24) is 9.97 Å². The van der Waals surface area contributed by atoms with E-state index >= 15 is 0 Å². The lowest BCUT2D eigenvalue weighted by Gasteiger charge is -2.10. The third-order valence-corrected chi connectivity index (χ3v) is 3.78. The van der Waals surface area contributed by atoms with Gasteiger partial charge in [-0.1, -0.05) is 42.0 Å². The summed E-state index contributed by atoms with van der Waals surface area (Å²) in [5.74, 6) is -0.0428. The summed E-state index contributed by atoms with van der Waals surface area (Å²) in [4.78, 5) is 20.9. The van der Waals surface area contributed by atoms with Crippen LogP contribution in [0.4, 0.5) is 5.82 Å². The molecule has 0 radical (unpaired) electrons. The molecule has 24 heavy (non-hydrogen) atoms. The summed E-state index contributed by atoms with van der Waals surface area (Å²) in [6, 6.07) is 15.8. The lowest BCUT2D eigenvalue weighted by Crippen LogP contribution is -2.14. The summed E-state index contributed by atoms with van der Waals surface area (Å²) in [6.45, 7) is 2.72. The molecule has 0 fully saturated rings. The van der Waals surface area contributed by atoms with Crippen LogP contribution in [0.2, 0.25) is 0 Å². The first-order valence-corrected chi connectivity index (χ1v) is 7.82. The standard InChI is InChI=1S/C19H19N3O2/c1-13-7-9-14(10-8-13)11-12-20-18-17(19(23)24-2)21-15-5-3-4-6-16(15)22-18/h3-10H,11-12H2,1-2H3,(H,20,22). The molecule has 5 nitrogen and oxygen atoms in total. The van der Waals surface area contributed by atoms with Crippen LogP contribution in [-0.4, -0.2) is 29.6 Å². The van der Waals surface area contributed by atoms with Crippen LogP contribution in [0.25, 0.3) is 11.0 Å². The van der Waals surface area contributed by atoms with E-state index in [0.717, 1.165) is 11.9 Å². The molecular formula is C19H19N3O2. The number of anilines is 1. The number of methoxy groups -OCH3 is 1. The molecule has 0 saturated carbocycles. The van der Waals surface area contributed by atoms with Crippen molar-refractivity contribution in [3.63, 3.8) is 0 Å². The van der Waals surface area contributed by atoms with Crippen molar-refractivity contribution in [2.45, 2.75) is 13.3 Å². The number of aryl methyl sites for hydroxylation is 1. The van der Waals surface area contributed by atoms with Gasteiger partial charge in [0.05, 0.1) is 18.1 Å². The molecular weight excluding hydrogens is 302 g/mol. The van der Waals surface area contributed by atoms with Crippen molar-refractivity contribution in [2.75, 3.05) is 19.0 Å². The number of aromatic nitrogens is 2. The maximum Gasteiger partial charge on any atom is 0.360 e. The number of carbonyl (C=O) groups is 1. The average Bonchev–Trinajstić information content (AvgIpc) is 2.62. The Morgan fingerprint density at radius 1 is 1.04 bits per heavy atom. The van der Waals surface area contributed by atoms with Crippen molar-refractivity contribution in [3.8, 4) is 0 Å². The van der Waals surface area contributed by atoms with E-state index in [4.69, 9.17) is 4.74 Å². The van der Waals surface area contributed by atoms with Crippen LogP contribution in [0.3, 0.4) is 0 Å². The quantitative estimate of drug-likeness (QED) is 0.730. The molecule has 0 unspecified atom stereocenters. The predicted octanol–water partition coefficient (Wildman–Crippen LogP) is 3.38. The first kappa shape index (κ1) is 15.9. The van der Waals surface area contributed by atoms with Gasteiger partial charge in [-0.3, -0.25) is 0 Å². The number of carbonyl (C=O) groups excluding carboxylic acids is 1. The number of hydrogen-bond donors (Lipinski definition) is 1. The first-order chi connectivity index (χ1) is 11.7. The molecule has 122 valence electrons. The highest BCUT2D eigenvalue weighted by Crippen LogP contribution is 2.18. The van der Waals surface area contributed by atoms with E-state index in [-0.39, 0.29) is 5.69 Å². The largest absolute Gasteiger partial charge is 0.464 e. The molecule has 0 bridgehead atoms. The molecule has 0 aliphatic heterocycles. The summed E-state index contributed by atoms with van der Waals surface area (Å²) >= 11 is 0. The number of esters is 1. The van der Waals surface area contributed by atoms with Gasteiger partial charge in [-0.2, -0.15) is 0 Å². The smallest absolute Gasteiger partial charge is 0.360 e. The van der Waals surface area contributed by atoms with E-state index in [0.29, 0.717) is 17.9 Å². The predicted molar refractivity (Wildman–Crippen MR) is 94.3 cm³/mol. The number of ether oxygens (including phenoxy) is 1. The van der Waals surface area contributed by atoms with E-state index in [1.165, 1.54) is 18.2 Å². The third-order valence-electron chi connectivity index (χ3n) is 3.78. The highest BCUT2D eigenvalue weighted by Gasteiger charge is 2.16. The molecule has 0 aliphatic carbocycles. The maximum absolute atomic E-state index is 12.0. The number of nitrogens with one attached hydrogen (secondary N) is 1. The maximum atomic E-state index is 12.0. The van der Waals surface area contributed by atoms with Gasteiger partial charge in [-0.25, -0.2) is 14.8 Å². The monoisotopic (exact) mass is 321 g/mol. The molecule has 3 aromatic rings. The van der Waals surface area contributed by atoms with Crippen molar-refractivity contribution >= 4 is 22.8 Å². The first-order valence-electron chi connectivity index (χ1n) is 7.82. The number of rotatable bonds is 5. The van der Waals surface area contributed by atoms with Gasteiger partial charge in [0.25, 0.3) is 0 Å². The Balaban J connectivity index is 1.81. The fourth-order valence-electron chi connectivity index (χ4n) is 2.44. The van der Waals surface area contributed by atoms with Crippen LogP contribution in [0.5, 0.6) is 0 Å². The SMILES string of the molecule is COC(=O)c1nc2ccccc2nc1NCCc1ccc(C)cc1. The Hall–Kier alpha value is -2.95. The summed E-state index contributed by atoms with van der Waals surface area (Å²) in [5.41, 5.74) is 4.08. The summed E-state index contributed by atoms with van der Waals surface area (Å²) in [7, 11) is 1.34. The van der Waals surface area contributed by atoms with Gasteiger partial charge in [0.2, 0.25) is 0 Å². The minimum atomic E-state index is -0.494. The molecule has 1 aromatic heterocycles. The van der Waals surface area contributed by atoms with Gasteiger partial charge < -0.3 is 10.1 Å². The third kappa shape index (κ3) is 3.51. The van der Waals surface area contributed by atoms with Crippen molar-refractivity contribution in [2.24, 2.45) is 0 Å². The molecule has 0 saturated heterocycles. The van der Waals surface area contributed by atoms with Crippen LogP contribution < -0.4 is 5.32 Å². The Morgan fingerprint density at radius 3 is 2.38 bits per heavy atom. The van der Waals surface area contributed by atoms with Gasteiger partial charge in [0.1, 0.15) is 0 Å². The zero-order chi connectivity index (χ0) is 16.9. The molecule has 0 spiro atoms. The second-order valence-corrected chi connectivity index (χ2v) is 5.56.